The topological polar surface area (TPSA) is 88.9 Å². The summed E-state index contributed by atoms with van der Waals surface area (Å²) in [6, 6.07) is 11.3. The molecule has 0 aliphatic rings. The van der Waals surface area contributed by atoms with Gasteiger partial charge in [-0.25, -0.2) is 0 Å². The molecule has 1 heterocycles. The number of nitrogens with one attached hydrogen (secondary N) is 2. The zero-order valence-corrected chi connectivity index (χ0v) is 22.9. The number of aromatic nitrogens is 3. The first-order valence-corrected chi connectivity index (χ1v) is 13.3. The second-order valence-corrected chi connectivity index (χ2v) is 10.5. The van der Waals surface area contributed by atoms with Crippen molar-refractivity contribution in [3.8, 4) is 0 Å². The zero-order valence-electron chi connectivity index (χ0n) is 19.8. The standard InChI is InChI=1S/C25H26Cl3N5O2S/c1-4-11-33-23(21(12-15(2)3)30-24(35)17-7-5-6-8-18(17)27)31-32-25(33)36-14-22(34)29-20-10-9-16(26)13-19(20)28/h4-10,13,15,21H,1,11-12,14H2,2-3H3,(H,29,34)(H,30,35)/t21-/m1/s1. The number of halogens is 3. The molecule has 11 heteroatoms. The van der Waals surface area contributed by atoms with Crippen molar-refractivity contribution in [1.29, 1.82) is 0 Å². The molecular formula is C25H26Cl3N5O2S. The predicted octanol–water partition coefficient (Wildman–Crippen LogP) is 6.67. The Labute approximate surface area is 229 Å². The third-order valence-electron chi connectivity index (χ3n) is 5.04. The van der Waals surface area contributed by atoms with Gasteiger partial charge in [-0.1, -0.05) is 78.6 Å². The fourth-order valence-corrected chi connectivity index (χ4v) is 4.89. The maximum Gasteiger partial charge on any atom is 0.253 e. The van der Waals surface area contributed by atoms with E-state index in [1.807, 2.05) is 4.57 Å². The van der Waals surface area contributed by atoms with Gasteiger partial charge in [-0.3, -0.25) is 9.59 Å². The molecule has 0 radical (unpaired) electrons. The Balaban J connectivity index is 1.78. The fourth-order valence-electron chi connectivity index (χ4n) is 3.45. The van der Waals surface area contributed by atoms with Gasteiger partial charge in [-0.2, -0.15) is 0 Å². The molecule has 1 aromatic heterocycles. The average molecular weight is 567 g/mol. The molecule has 2 aromatic carbocycles. The first-order valence-electron chi connectivity index (χ1n) is 11.2. The largest absolute Gasteiger partial charge is 0.342 e. The number of thioether (sulfide) groups is 1. The number of carbonyl (C=O) groups excluding carboxylic acids is 2. The Hall–Kier alpha value is -2.52. The molecule has 3 aromatic rings. The fraction of sp³-hybridized carbons (Fsp3) is 0.280. The van der Waals surface area contributed by atoms with Gasteiger partial charge in [0.25, 0.3) is 5.91 Å². The van der Waals surface area contributed by atoms with Crippen LogP contribution in [0.15, 0.2) is 60.3 Å². The van der Waals surface area contributed by atoms with E-state index >= 15 is 0 Å². The van der Waals surface area contributed by atoms with E-state index in [1.165, 1.54) is 11.8 Å². The Morgan fingerprint density at radius 2 is 1.86 bits per heavy atom. The Bertz CT molecular complexity index is 1250. The summed E-state index contributed by atoms with van der Waals surface area (Å²) in [6.07, 6.45) is 2.35. The number of hydrogen-bond donors (Lipinski definition) is 2. The van der Waals surface area contributed by atoms with Crippen molar-refractivity contribution in [3.63, 3.8) is 0 Å². The minimum Gasteiger partial charge on any atom is -0.342 e. The van der Waals surface area contributed by atoms with Crippen molar-refractivity contribution >= 4 is 64.1 Å². The number of allylic oxidation sites excluding steroid dienone is 1. The van der Waals surface area contributed by atoms with Crippen LogP contribution in [-0.2, 0) is 11.3 Å². The summed E-state index contributed by atoms with van der Waals surface area (Å²) >= 11 is 19.5. The SMILES string of the molecule is C=CCn1c(SCC(=O)Nc2ccc(Cl)cc2Cl)nnc1[C@@H](CC(C)C)NC(=O)c1ccccc1Cl. The van der Waals surface area contributed by atoms with Crippen LogP contribution < -0.4 is 10.6 Å². The van der Waals surface area contributed by atoms with Crippen LogP contribution in [0.25, 0.3) is 0 Å². The Kier molecular flexibility index (Phi) is 10.2. The summed E-state index contributed by atoms with van der Waals surface area (Å²) in [5, 5.41) is 16.2. The van der Waals surface area contributed by atoms with Crippen LogP contribution in [0.5, 0.6) is 0 Å². The minimum atomic E-state index is -0.419. The maximum absolute atomic E-state index is 13.0. The molecular weight excluding hydrogens is 541 g/mol. The van der Waals surface area contributed by atoms with Crippen molar-refractivity contribution in [2.45, 2.75) is 38.0 Å². The van der Waals surface area contributed by atoms with Gasteiger partial charge in [0.15, 0.2) is 11.0 Å². The van der Waals surface area contributed by atoms with E-state index in [2.05, 4.69) is 41.3 Å². The van der Waals surface area contributed by atoms with E-state index in [1.54, 1.807) is 48.5 Å². The normalized spacial score (nSPS) is 11.8. The van der Waals surface area contributed by atoms with E-state index in [9.17, 15) is 9.59 Å². The lowest BCUT2D eigenvalue weighted by Gasteiger charge is -2.21. The van der Waals surface area contributed by atoms with Crippen LogP contribution in [-0.4, -0.2) is 32.3 Å². The summed E-state index contributed by atoms with van der Waals surface area (Å²) < 4.78 is 1.85. The van der Waals surface area contributed by atoms with Crippen molar-refractivity contribution in [1.82, 2.24) is 20.1 Å². The van der Waals surface area contributed by atoms with Crippen LogP contribution in [0.4, 0.5) is 5.69 Å². The van der Waals surface area contributed by atoms with Crippen molar-refractivity contribution in [3.05, 3.63) is 81.6 Å². The van der Waals surface area contributed by atoms with Crippen molar-refractivity contribution < 1.29 is 9.59 Å². The molecule has 2 amide bonds. The Morgan fingerprint density at radius 3 is 2.53 bits per heavy atom. The number of carbonyl (C=O) groups is 2. The summed E-state index contributed by atoms with van der Waals surface area (Å²) in [6.45, 7) is 8.36. The number of rotatable bonds is 11. The first-order chi connectivity index (χ1) is 17.2. The lowest BCUT2D eigenvalue weighted by Crippen LogP contribution is -2.32. The number of amides is 2. The molecule has 0 aliphatic heterocycles. The highest BCUT2D eigenvalue weighted by atomic mass is 35.5. The molecule has 0 saturated heterocycles. The van der Waals surface area contributed by atoms with Gasteiger partial charge >= 0.3 is 0 Å². The van der Waals surface area contributed by atoms with Crippen LogP contribution >= 0.6 is 46.6 Å². The van der Waals surface area contributed by atoms with Gasteiger partial charge in [0.2, 0.25) is 5.91 Å². The molecule has 0 bridgehead atoms. The van der Waals surface area contributed by atoms with E-state index in [0.717, 1.165) is 0 Å². The molecule has 0 aliphatic carbocycles. The van der Waals surface area contributed by atoms with E-state index < -0.39 is 6.04 Å². The number of nitrogens with zero attached hydrogens (tertiary/aromatic N) is 3. The molecule has 0 unspecified atom stereocenters. The van der Waals surface area contributed by atoms with Gasteiger partial charge < -0.3 is 15.2 Å². The zero-order chi connectivity index (χ0) is 26.2. The highest BCUT2D eigenvalue weighted by Gasteiger charge is 2.25. The number of hydrogen-bond acceptors (Lipinski definition) is 5. The van der Waals surface area contributed by atoms with Gasteiger partial charge in [0.1, 0.15) is 0 Å². The maximum atomic E-state index is 13.0. The van der Waals surface area contributed by atoms with Crippen LogP contribution in [0.2, 0.25) is 15.1 Å². The summed E-state index contributed by atoms with van der Waals surface area (Å²) in [4.78, 5) is 25.5. The van der Waals surface area contributed by atoms with Gasteiger partial charge in [0.05, 0.1) is 33.1 Å². The van der Waals surface area contributed by atoms with E-state index in [4.69, 9.17) is 34.8 Å². The van der Waals surface area contributed by atoms with Gasteiger partial charge in [0, 0.05) is 11.6 Å². The molecule has 1 atom stereocenters. The first kappa shape index (κ1) is 28.1. The highest BCUT2D eigenvalue weighted by molar-refractivity contribution is 7.99. The summed E-state index contributed by atoms with van der Waals surface area (Å²) in [7, 11) is 0. The molecule has 0 fully saturated rings. The molecule has 7 nitrogen and oxygen atoms in total. The summed E-state index contributed by atoms with van der Waals surface area (Å²) in [5.41, 5.74) is 0.856. The van der Waals surface area contributed by atoms with Crippen LogP contribution in [0.3, 0.4) is 0 Å². The lowest BCUT2D eigenvalue weighted by molar-refractivity contribution is -0.113. The van der Waals surface area contributed by atoms with E-state index in [0.29, 0.717) is 50.3 Å². The van der Waals surface area contributed by atoms with Crippen LogP contribution in [0.1, 0.15) is 42.5 Å². The highest BCUT2D eigenvalue weighted by Crippen LogP contribution is 2.28. The molecule has 36 heavy (non-hydrogen) atoms. The second kappa shape index (κ2) is 13.1. The predicted molar refractivity (Wildman–Crippen MR) is 147 cm³/mol. The van der Waals surface area contributed by atoms with Gasteiger partial charge in [-0.15, -0.1) is 16.8 Å². The summed E-state index contributed by atoms with van der Waals surface area (Å²) in [5.74, 6) is 0.362. The quantitative estimate of drug-likeness (QED) is 0.200. The molecule has 0 spiro atoms. The molecule has 190 valence electrons. The van der Waals surface area contributed by atoms with Gasteiger partial charge in [-0.05, 0) is 42.7 Å². The van der Waals surface area contributed by atoms with Crippen molar-refractivity contribution in [2.75, 3.05) is 11.1 Å². The lowest BCUT2D eigenvalue weighted by atomic mass is 10.0. The second-order valence-electron chi connectivity index (χ2n) is 8.34. The Morgan fingerprint density at radius 1 is 1.11 bits per heavy atom. The monoisotopic (exact) mass is 565 g/mol. The molecule has 3 rings (SSSR count). The smallest absolute Gasteiger partial charge is 0.253 e. The van der Waals surface area contributed by atoms with E-state index in [-0.39, 0.29) is 23.5 Å². The molecule has 2 N–H and O–H groups in total. The minimum absolute atomic E-state index is 0.0784. The van der Waals surface area contributed by atoms with Crippen LogP contribution in [0, 0.1) is 5.92 Å². The third-order valence-corrected chi connectivity index (χ3v) is 6.88. The number of anilines is 1. The average Bonchev–Trinajstić information content (AvgIpc) is 3.22. The number of benzene rings is 2. The third kappa shape index (κ3) is 7.49. The molecule has 0 saturated carbocycles. The van der Waals surface area contributed by atoms with Crippen molar-refractivity contribution in [2.24, 2.45) is 5.92 Å².